The van der Waals surface area contributed by atoms with Crippen LogP contribution >= 0.6 is 0 Å². The minimum atomic E-state index is -1.42. The fourth-order valence-electron chi connectivity index (χ4n) is 3.30. The van der Waals surface area contributed by atoms with Crippen molar-refractivity contribution in [3.8, 4) is 0 Å². The topological polar surface area (TPSA) is 80.9 Å². The molecule has 0 radical (unpaired) electrons. The minimum Gasteiger partial charge on any atom is -0.393 e. The molecule has 0 amide bonds. The molecule has 0 bridgehead atoms. The van der Waals surface area contributed by atoms with E-state index in [0.717, 1.165) is 12.8 Å². The highest BCUT2D eigenvalue weighted by Gasteiger charge is 2.55. The molecule has 2 rings (SSSR count). The molecule has 0 aromatic carbocycles. The number of rotatable bonds is 1. The van der Waals surface area contributed by atoms with Crippen LogP contribution in [0, 0.1) is 0 Å². The summed E-state index contributed by atoms with van der Waals surface area (Å²) in [6.45, 7) is 0. The van der Waals surface area contributed by atoms with Gasteiger partial charge in [-0.15, -0.1) is 0 Å². The molecule has 0 spiro atoms. The average Bonchev–Trinajstić information content (AvgIpc) is 2.22. The van der Waals surface area contributed by atoms with Crippen LogP contribution < -0.4 is 0 Å². The summed E-state index contributed by atoms with van der Waals surface area (Å²) in [5.41, 5.74) is -2.74. The van der Waals surface area contributed by atoms with E-state index in [-0.39, 0.29) is 6.42 Å². The molecule has 0 aromatic heterocycles. The zero-order valence-electron chi connectivity index (χ0n) is 9.60. The number of hydrogen-bond donors (Lipinski definition) is 4. The van der Waals surface area contributed by atoms with E-state index in [1.54, 1.807) is 0 Å². The summed E-state index contributed by atoms with van der Waals surface area (Å²) in [4.78, 5) is 0. The minimum absolute atomic E-state index is 0.181. The highest BCUT2D eigenvalue weighted by atomic mass is 16.4. The zero-order chi connectivity index (χ0) is 11.8. The van der Waals surface area contributed by atoms with Gasteiger partial charge in [0.25, 0.3) is 0 Å². The van der Waals surface area contributed by atoms with Gasteiger partial charge in [-0.1, -0.05) is 12.8 Å². The molecule has 0 aliphatic heterocycles. The van der Waals surface area contributed by atoms with E-state index in [2.05, 4.69) is 0 Å². The van der Waals surface area contributed by atoms with Gasteiger partial charge in [-0.2, -0.15) is 0 Å². The Morgan fingerprint density at radius 1 is 0.875 bits per heavy atom. The smallest absolute Gasteiger partial charge is 0.119 e. The quantitative estimate of drug-likeness (QED) is 0.523. The van der Waals surface area contributed by atoms with Crippen molar-refractivity contribution in [1.29, 1.82) is 0 Å². The second kappa shape index (κ2) is 4.26. The molecule has 2 fully saturated rings. The Kier molecular flexibility index (Phi) is 3.27. The van der Waals surface area contributed by atoms with Gasteiger partial charge in [0, 0.05) is 6.42 Å². The van der Waals surface area contributed by atoms with E-state index in [1.807, 2.05) is 0 Å². The van der Waals surface area contributed by atoms with Gasteiger partial charge >= 0.3 is 0 Å². The third kappa shape index (κ3) is 1.88. The molecule has 4 N–H and O–H groups in total. The van der Waals surface area contributed by atoms with Crippen molar-refractivity contribution in [3.05, 3.63) is 0 Å². The van der Waals surface area contributed by atoms with E-state index < -0.39 is 23.4 Å². The first-order valence-electron chi connectivity index (χ1n) is 6.29. The number of hydrogen-bond acceptors (Lipinski definition) is 4. The lowest BCUT2D eigenvalue weighted by Gasteiger charge is -2.51. The Balaban J connectivity index is 2.19. The lowest BCUT2D eigenvalue weighted by Crippen LogP contribution is -2.64. The van der Waals surface area contributed by atoms with Crippen molar-refractivity contribution in [3.63, 3.8) is 0 Å². The van der Waals surface area contributed by atoms with Gasteiger partial charge in [0.2, 0.25) is 0 Å². The summed E-state index contributed by atoms with van der Waals surface area (Å²) in [7, 11) is 0. The standard InChI is InChI=1S/C12H22O4/c13-9-4-3-6-11(15,8-9)12(16)7-2-1-5-10(12)14/h9-10,13-16H,1-8H2. The van der Waals surface area contributed by atoms with Gasteiger partial charge in [0.15, 0.2) is 0 Å². The molecule has 2 aliphatic carbocycles. The fraction of sp³-hybridized carbons (Fsp3) is 1.00. The van der Waals surface area contributed by atoms with Gasteiger partial charge in [-0.3, -0.25) is 0 Å². The first kappa shape index (κ1) is 12.3. The summed E-state index contributed by atoms with van der Waals surface area (Å²) in [6.07, 6.45) is 3.29. The summed E-state index contributed by atoms with van der Waals surface area (Å²) in [5.74, 6) is 0. The Bertz CT molecular complexity index is 257. The summed E-state index contributed by atoms with van der Waals surface area (Å²) < 4.78 is 0. The maximum absolute atomic E-state index is 10.5. The second-order valence-electron chi connectivity index (χ2n) is 5.47. The molecule has 4 unspecified atom stereocenters. The van der Waals surface area contributed by atoms with Gasteiger partial charge in [0.05, 0.1) is 17.8 Å². The SMILES string of the molecule is OC1CCCC(O)(C2(O)CCCCC2O)C1. The summed E-state index contributed by atoms with van der Waals surface area (Å²) in [5, 5.41) is 40.6. The summed E-state index contributed by atoms with van der Waals surface area (Å²) in [6, 6.07) is 0. The molecule has 0 aromatic rings. The van der Waals surface area contributed by atoms with Gasteiger partial charge in [-0.25, -0.2) is 0 Å². The van der Waals surface area contributed by atoms with Gasteiger partial charge in [0.1, 0.15) is 5.60 Å². The second-order valence-corrected chi connectivity index (χ2v) is 5.47. The van der Waals surface area contributed by atoms with Crippen LogP contribution in [0.3, 0.4) is 0 Å². The molecule has 4 nitrogen and oxygen atoms in total. The molecule has 4 heteroatoms. The largest absolute Gasteiger partial charge is 0.393 e. The van der Waals surface area contributed by atoms with Crippen LogP contribution in [0.4, 0.5) is 0 Å². The lowest BCUT2D eigenvalue weighted by molar-refractivity contribution is -0.236. The third-order valence-corrected chi connectivity index (χ3v) is 4.34. The predicted octanol–water partition coefficient (Wildman–Crippen LogP) is 0.318. The van der Waals surface area contributed by atoms with Crippen LogP contribution in [0.2, 0.25) is 0 Å². The van der Waals surface area contributed by atoms with Crippen LogP contribution in [0.5, 0.6) is 0 Å². The normalized spacial score (nSPS) is 50.2. The van der Waals surface area contributed by atoms with Crippen LogP contribution in [0.15, 0.2) is 0 Å². The molecule has 2 saturated carbocycles. The van der Waals surface area contributed by atoms with Crippen LogP contribution in [0.1, 0.15) is 51.4 Å². The van der Waals surface area contributed by atoms with Crippen LogP contribution in [-0.2, 0) is 0 Å². The van der Waals surface area contributed by atoms with E-state index in [9.17, 15) is 20.4 Å². The van der Waals surface area contributed by atoms with Crippen molar-refractivity contribution >= 4 is 0 Å². The fourth-order valence-corrected chi connectivity index (χ4v) is 3.30. The molecule has 0 saturated heterocycles. The first-order valence-corrected chi connectivity index (χ1v) is 6.29. The number of aliphatic hydroxyl groups is 4. The maximum atomic E-state index is 10.5. The molecule has 4 atom stereocenters. The highest BCUT2D eigenvalue weighted by molar-refractivity contribution is 5.07. The van der Waals surface area contributed by atoms with E-state index in [0.29, 0.717) is 32.1 Å². The van der Waals surface area contributed by atoms with Crippen molar-refractivity contribution in [2.24, 2.45) is 0 Å². The van der Waals surface area contributed by atoms with Crippen molar-refractivity contribution < 1.29 is 20.4 Å². The van der Waals surface area contributed by atoms with E-state index >= 15 is 0 Å². The zero-order valence-corrected chi connectivity index (χ0v) is 9.60. The lowest BCUT2D eigenvalue weighted by atomic mass is 9.64. The molecular formula is C12H22O4. The van der Waals surface area contributed by atoms with Crippen molar-refractivity contribution in [1.82, 2.24) is 0 Å². The predicted molar refractivity (Wildman–Crippen MR) is 58.8 cm³/mol. The first-order chi connectivity index (χ1) is 7.48. The Labute approximate surface area is 95.9 Å². The van der Waals surface area contributed by atoms with Gasteiger partial charge < -0.3 is 20.4 Å². The van der Waals surface area contributed by atoms with Crippen molar-refractivity contribution in [2.75, 3.05) is 0 Å². The molecular weight excluding hydrogens is 208 g/mol. The Morgan fingerprint density at radius 2 is 1.62 bits per heavy atom. The molecule has 16 heavy (non-hydrogen) atoms. The highest BCUT2D eigenvalue weighted by Crippen LogP contribution is 2.44. The summed E-state index contributed by atoms with van der Waals surface area (Å²) >= 11 is 0. The average molecular weight is 230 g/mol. The maximum Gasteiger partial charge on any atom is 0.119 e. The van der Waals surface area contributed by atoms with Crippen LogP contribution in [0.25, 0.3) is 0 Å². The van der Waals surface area contributed by atoms with Crippen LogP contribution in [-0.4, -0.2) is 43.8 Å². The van der Waals surface area contributed by atoms with E-state index in [4.69, 9.17) is 0 Å². The Morgan fingerprint density at radius 3 is 2.25 bits per heavy atom. The Hall–Kier alpha value is -0.160. The molecule has 0 heterocycles. The van der Waals surface area contributed by atoms with E-state index in [1.165, 1.54) is 0 Å². The van der Waals surface area contributed by atoms with Crippen molar-refractivity contribution in [2.45, 2.75) is 74.8 Å². The number of aliphatic hydroxyl groups excluding tert-OH is 2. The molecule has 94 valence electrons. The third-order valence-electron chi connectivity index (χ3n) is 4.34. The molecule has 2 aliphatic rings. The monoisotopic (exact) mass is 230 g/mol. The van der Waals surface area contributed by atoms with Gasteiger partial charge in [-0.05, 0) is 32.1 Å².